The minimum absolute atomic E-state index is 0.555. The first kappa shape index (κ1) is 7.35. The maximum absolute atomic E-state index is 5.20. The molecule has 0 spiro atoms. The van der Waals surface area contributed by atoms with Crippen molar-refractivity contribution < 1.29 is 4.12 Å². The fraction of sp³-hybridized carbons (Fsp3) is 1.00. The van der Waals surface area contributed by atoms with Gasteiger partial charge in [0.1, 0.15) is 0 Å². The Kier molecular flexibility index (Phi) is 6.67. The topological polar surface area (TPSA) is 35.2 Å². The summed E-state index contributed by atoms with van der Waals surface area (Å²) in [5.74, 6) is 0. The molecule has 2 nitrogen and oxygen atoms in total. The summed E-state index contributed by atoms with van der Waals surface area (Å²) in [6.45, 7) is 0.766. The van der Waals surface area contributed by atoms with Gasteiger partial charge in [0.25, 0.3) is 0 Å². The van der Waals surface area contributed by atoms with Gasteiger partial charge < -0.3 is 9.85 Å². The van der Waals surface area contributed by atoms with Crippen molar-refractivity contribution in [2.45, 2.75) is 12.5 Å². The van der Waals surface area contributed by atoms with Crippen molar-refractivity contribution in [3.05, 3.63) is 0 Å². The molecule has 0 bridgehead atoms. The molecule has 0 rings (SSSR count). The summed E-state index contributed by atoms with van der Waals surface area (Å²) >= 11 is 0. The molecular formula is C3H8NOSi2. The number of hydrogen-bond acceptors (Lipinski definition) is 2. The van der Waals surface area contributed by atoms with E-state index in [1.807, 2.05) is 0 Å². The molecule has 0 aliphatic carbocycles. The van der Waals surface area contributed by atoms with Gasteiger partial charge in [-0.3, -0.25) is 0 Å². The minimum Gasteiger partial charge on any atom is -0.458 e. The standard InChI is InChI=1S/C3H8NOSi2/c4-2-1-3-7-5-6/h1-4H2. The lowest BCUT2D eigenvalue weighted by Gasteiger charge is -1.90. The highest BCUT2D eigenvalue weighted by atomic mass is 28.3. The molecule has 4 heteroatoms. The van der Waals surface area contributed by atoms with Crippen LogP contribution in [0.1, 0.15) is 6.42 Å². The van der Waals surface area contributed by atoms with Crippen molar-refractivity contribution in [1.29, 1.82) is 0 Å². The van der Waals surface area contributed by atoms with Gasteiger partial charge in [-0.25, -0.2) is 0 Å². The van der Waals surface area contributed by atoms with Gasteiger partial charge in [-0.2, -0.15) is 0 Å². The van der Waals surface area contributed by atoms with Crippen molar-refractivity contribution in [1.82, 2.24) is 0 Å². The van der Waals surface area contributed by atoms with E-state index in [1.54, 1.807) is 0 Å². The fourth-order valence-corrected chi connectivity index (χ4v) is 0.982. The molecule has 0 unspecified atom stereocenters. The molecule has 0 aliphatic rings. The van der Waals surface area contributed by atoms with Crippen LogP contribution < -0.4 is 5.73 Å². The number of hydrogen-bond donors (Lipinski definition) is 1. The number of rotatable bonds is 4. The smallest absolute Gasteiger partial charge is 0.229 e. The molecule has 0 aromatic heterocycles. The average Bonchev–Trinajstić information content (AvgIpc) is 1.69. The van der Waals surface area contributed by atoms with E-state index in [2.05, 4.69) is 14.6 Å². The van der Waals surface area contributed by atoms with Gasteiger partial charge in [-0.05, 0) is 19.0 Å². The fourth-order valence-electron chi connectivity index (χ4n) is 0.225. The molecule has 0 heterocycles. The lowest BCUT2D eigenvalue weighted by molar-refractivity contribution is 0.654. The maximum Gasteiger partial charge on any atom is 0.229 e. The Hall–Kier alpha value is 0.354. The third-order valence-corrected chi connectivity index (χ3v) is 1.69. The Balaban J connectivity index is 2.45. The van der Waals surface area contributed by atoms with Gasteiger partial charge in [0, 0.05) is 0 Å². The first-order valence-electron chi connectivity index (χ1n) is 2.17. The summed E-state index contributed by atoms with van der Waals surface area (Å²) in [6.07, 6.45) is 1.06. The Labute approximate surface area is 49.9 Å². The molecule has 0 atom stereocenters. The van der Waals surface area contributed by atoms with Crippen LogP contribution in [0.3, 0.4) is 0 Å². The van der Waals surface area contributed by atoms with Gasteiger partial charge in [-0.15, -0.1) is 0 Å². The molecule has 2 N–H and O–H groups in total. The van der Waals surface area contributed by atoms with Crippen molar-refractivity contribution in [2.75, 3.05) is 6.54 Å². The van der Waals surface area contributed by atoms with E-state index in [0.717, 1.165) is 19.0 Å². The predicted octanol–water partition coefficient (Wildman–Crippen LogP) is -0.527. The van der Waals surface area contributed by atoms with Crippen LogP contribution in [0.2, 0.25) is 6.04 Å². The van der Waals surface area contributed by atoms with Gasteiger partial charge in [0.05, 0.1) is 0 Å². The molecule has 0 aromatic carbocycles. The lowest BCUT2D eigenvalue weighted by Crippen LogP contribution is -2.01. The molecule has 0 aliphatic heterocycles. The van der Waals surface area contributed by atoms with Crippen LogP contribution in [0.5, 0.6) is 0 Å². The zero-order valence-corrected chi connectivity index (χ0v) is 6.11. The van der Waals surface area contributed by atoms with E-state index in [9.17, 15) is 0 Å². The molecule has 0 saturated heterocycles. The summed E-state index contributed by atoms with van der Waals surface area (Å²) in [4.78, 5) is 0. The third kappa shape index (κ3) is 6.35. The van der Waals surface area contributed by atoms with Crippen LogP contribution in [0.15, 0.2) is 0 Å². The third-order valence-electron chi connectivity index (χ3n) is 0.555. The Morgan fingerprint density at radius 2 is 2.43 bits per heavy atom. The zero-order chi connectivity index (χ0) is 5.54. The molecule has 39 valence electrons. The highest BCUT2D eigenvalue weighted by Gasteiger charge is 1.83. The highest BCUT2D eigenvalue weighted by molar-refractivity contribution is 6.34. The molecule has 0 fully saturated rings. The van der Waals surface area contributed by atoms with Gasteiger partial charge in [0.2, 0.25) is 20.2 Å². The van der Waals surface area contributed by atoms with Crippen molar-refractivity contribution in [2.24, 2.45) is 5.73 Å². The monoisotopic (exact) mass is 130 g/mol. The highest BCUT2D eigenvalue weighted by Crippen LogP contribution is 1.82. The summed E-state index contributed by atoms with van der Waals surface area (Å²) in [5.41, 5.74) is 5.20. The van der Waals surface area contributed by atoms with Gasteiger partial charge >= 0.3 is 0 Å². The summed E-state index contributed by atoms with van der Waals surface area (Å²) < 4.78 is 4.62. The van der Waals surface area contributed by atoms with E-state index in [0.29, 0.717) is 9.76 Å². The molecule has 5 radical (unpaired) electrons. The SMILES string of the molecule is NCCC[Si]O[Si]. The second-order valence-corrected chi connectivity index (χ2v) is 2.74. The van der Waals surface area contributed by atoms with E-state index in [4.69, 9.17) is 5.73 Å². The minimum atomic E-state index is 0.555. The van der Waals surface area contributed by atoms with E-state index >= 15 is 0 Å². The first-order chi connectivity index (χ1) is 3.41. The largest absolute Gasteiger partial charge is 0.458 e. The number of nitrogens with two attached hydrogens (primary N) is 1. The van der Waals surface area contributed by atoms with Crippen LogP contribution in [0.4, 0.5) is 0 Å². The van der Waals surface area contributed by atoms with Crippen LogP contribution in [0.25, 0.3) is 0 Å². The second kappa shape index (κ2) is 6.35. The summed E-state index contributed by atoms with van der Waals surface area (Å²) in [7, 11) is 3.45. The van der Waals surface area contributed by atoms with Crippen molar-refractivity contribution in [3.63, 3.8) is 0 Å². The maximum atomic E-state index is 5.20. The first-order valence-corrected chi connectivity index (χ1v) is 3.69. The molecule has 0 aromatic rings. The van der Waals surface area contributed by atoms with Crippen LogP contribution in [0, 0.1) is 0 Å². The molecule has 7 heavy (non-hydrogen) atoms. The van der Waals surface area contributed by atoms with Crippen LogP contribution in [-0.4, -0.2) is 26.8 Å². The molecular weight excluding hydrogens is 122 g/mol. The molecule has 0 amide bonds. The summed E-state index contributed by atoms with van der Waals surface area (Å²) in [5, 5.41) is 0. The van der Waals surface area contributed by atoms with Gasteiger partial charge in [0.15, 0.2) is 0 Å². The van der Waals surface area contributed by atoms with Crippen LogP contribution in [-0.2, 0) is 4.12 Å². The average molecular weight is 130 g/mol. The lowest BCUT2D eigenvalue weighted by atomic mass is 10.5. The predicted molar refractivity (Wildman–Crippen MR) is 31.1 cm³/mol. The Morgan fingerprint density at radius 3 is 2.86 bits per heavy atom. The van der Waals surface area contributed by atoms with Crippen molar-refractivity contribution >= 4 is 20.2 Å². The Bertz CT molecular complexity index is 32.1. The molecule has 0 saturated carbocycles. The van der Waals surface area contributed by atoms with E-state index in [1.165, 1.54) is 0 Å². The Morgan fingerprint density at radius 1 is 1.71 bits per heavy atom. The van der Waals surface area contributed by atoms with E-state index in [-0.39, 0.29) is 0 Å². The van der Waals surface area contributed by atoms with Crippen LogP contribution >= 0.6 is 0 Å². The quantitative estimate of drug-likeness (QED) is 0.410. The second-order valence-electron chi connectivity index (χ2n) is 1.14. The van der Waals surface area contributed by atoms with Crippen molar-refractivity contribution in [3.8, 4) is 0 Å². The van der Waals surface area contributed by atoms with Gasteiger partial charge in [-0.1, -0.05) is 0 Å². The zero-order valence-electron chi connectivity index (χ0n) is 4.11. The normalized spacial score (nSPS) is 9.43. The summed E-state index contributed by atoms with van der Waals surface area (Å²) in [6, 6.07) is 1.07. The van der Waals surface area contributed by atoms with E-state index < -0.39 is 0 Å².